The summed E-state index contributed by atoms with van der Waals surface area (Å²) in [6.45, 7) is 5.03. The largest absolute Gasteiger partial charge is 0.310 e. The van der Waals surface area contributed by atoms with Crippen LogP contribution in [0.1, 0.15) is 43.4 Å². The number of hydrogen-bond donors (Lipinski definition) is 1. The van der Waals surface area contributed by atoms with Crippen LogP contribution in [-0.4, -0.2) is 27.0 Å². The fraction of sp³-hybridized carbons (Fsp3) is 0.600. The van der Waals surface area contributed by atoms with Gasteiger partial charge < -0.3 is 5.32 Å². The van der Waals surface area contributed by atoms with Gasteiger partial charge in [-0.2, -0.15) is 0 Å². The van der Waals surface area contributed by atoms with Crippen LogP contribution in [0.3, 0.4) is 0 Å². The monoisotopic (exact) mass is 317 g/mol. The van der Waals surface area contributed by atoms with E-state index in [0.29, 0.717) is 6.42 Å². The first-order valence-electron chi connectivity index (χ1n) is 7.00. The van der Waals surface area contributed by atoms with Gasteiger partial charge in [0.25, 0.3) is 0 Å². The summed E-state index contributed by atoms with van der Waals surface area (Å²) in [6, 6.07) is 6.19. The molecule has 20 heavy (non-hydrogen) atoms. The predicted octanol–water partition coefficient (Wildman–Crippen LogP) is 3.51. The van der Waals surface area contributed by atoms with Crippen molar-refractivity contribution in [3.8, 4) is 0 Å². The lowest BCUT2D eigenvalue weighted by Gasteiger charge is -2.19. The van der Waals surface area contributed by atoms with E-state index in [2.05, 4.69) is 18.3 Å². The first-order chi connectivity index (χ1) is 9.33. The average molecular weight is 318 g/mol. The SMILES string of the molecule is CCCNC(CCCS(C)(=O)=O)c1ccc(Cl)c(C)c1. The van der Waals surface area contributed by atoms with Crippen LogP contribution in [0, 0.1) is 6.92 Å². The normalized spacial score (nSPS) is 13.4. The number of halogens is 1. The fourth-order valence-corrected chi connectivity index (χ4v) is 2.95. The summed E-state index contributed by atoms with van der Waals surface area (Å²) in [6.07, 6.45) is 3.82. The van der Waals surface area contributed by atoms with E-state index in [1.165, 1.54) is 11.8 Å². The number of sulfone groups is 1. The summed E-state index contributed by atoms with van der Waals surface area (Å²) in [5, 5.41) is 4.24. The molecular weight excluding hydrogens is 294 g/mol. The highest BCUT2D eigenvalue weighted by Crippen LogP contribution is 2.24. The van der Waals surface area contributed by atoms with Gasteiger partial charge in [-0.15, -0.1) is 0 Å². The Morgan fingerprint density at radius 3 is 2.60 bits per heavy atom. The van der Waals surface area contributed by atoms with Crippen LogP contribution < -0.4 is 5.32 Å². The van der Waals surface area contributed by atoms with Gasteiger partial charge >= 0.3 is 0 Å². The molecule has 0 aliphatic carbocycles. The summed E-state index contributed by atoms with van der Waals surface area (Å²) in [4.78, 5) is 0. The van der Waals surface area contributed by atoms with Gasteiger partial charge in [0, 0.05) is 23.1 Å². The maximum absolute atomic E-state index is 11.2. The van der Waals surface area contributed by atoms with Crippen molar-refractivity contribution < 1.29 is 8.42 Å². The van der Waals surface area contributed by atoms with E-state index in [1.54, 1.807) is 0 Å². The second-order valence-corrected chi connectivity index (χ2v) is 7.95. The highest BCUT2D eigenvalue weighted by atomic mass is 35.5. The molecule has 3 nitrogen and oxygen atoms in total. The van der Waals surface area contributed by atoms with Crippen LogP contribution >= 0.6 is 11.6 Å². The van der Waals surface area contributed by atoms with Crippen molar-refractivity contribution in [1.82, 2.24) is 5.32 Å². The molecule has 1 atom stereocenters. The van der Waals surface area contributed by atoms with E-state index < -0.39 is 9.84 Å². The molecule has 0 fully saturated rings. The molecule has 1 rings (SSSR count). The smallest absolute Gasteiger partial charge is 0.147 e. The summed E-state index contributed by atoms with van der Waals surface area (Å²) < 4.78 is 22.4. The topological polar surface area (TPSA) is 46.2 Å². The minimum atomic E-state index is -2.89. The molecule has 0 radical (unpaired) electrons. The van der Waals surface area contributed by atoms with Crippen molar-refractivity contribution in [1.29, 1.82) is 0 Å². The first kappa shape index (κ1) is 17.5. The summed E-state index contributed by atoms with van der Waals surface area (Å²) in [7, 11) is -2.89. The van der Waals surface area contributed by atoms with Crippen LogP contribution in [0.5, 0.6) is 0 Å². The zero-order valence-electron chi connectivity index (χ0n) is 12.4. The lowest BCUT2D eigenvalue weighted by atomic mass is 10.0. The standard InChI is InChI=1S/C15H24ClNO2S/c1-4-9-17-15(6-5-10-20(3,18)19)13-7-8-14(16)12(2)11-13/h7-8,11,15,17H,4-6,9-10H2,1-3H3. The minimum absolute atomic E-state index is 0.188. The summed E-state index contributed by atoms with van der Waals surface area (Å²) in [5.74, 6) is 0.240. The van der Waals surface area contributed by atoms with E-state index >= 15 is 0 Å². The van der Waals surface area contributed by atoms with Crippen molar-refractivity contribution in [2.75, 3.05) is 18.6 Å². The Morgan fingerprint density at radius 1 is 1.35 bits per heavy atom. The van der Waals surface area contributed by atoms with Gasteiger partial charge in [-0.3, -0.25) is 0 Å². The van der Waals surface area contributed by atoms with Gasteiger partial charge in [0.2, 0.25) is 0 Å². The Balaban J connectivity index is 2.74. The van der Waals surface area contributed by atoms with Crippen LogP contribution in [0.15, 0.2) is 18.2 Å². The Kier molecular flexibility index (Phi) is 7.00. The molecule has 0 spiro atoms. The molecule has 0 aliphatic heterocycles. The molecule has 0 heterocycles. The van der Waals surface area contributed by atoms with Gasteiger partial charge in [0.1, 0.15) is 9.84 Å². The molecule has 1 unspecified atom stereocenters. The lowest BCUT2D eigenvalue weighted by molar-refractivity contribution is 0.492. The molecule has 0 aliphatic rings. The van der Waals surface area contributed by atoms with Crippen molar-refractivity contribution in [2.45, 2.75) is 39.2 Å². The zero-order chi connectivity index (χ0) is 15.2. The summed E-state index contributed by atoms with van der Waals surface area (Å²) in [5.41, 5.74) is 2.23. The van der Waals surface area contributed by atoms with Gasteiger partial charge in [-0.1, -0.05) is 30.7 Å². The third-order valence-corrected chi connectivity index (χ3v) is 4.69. The van der Waals surface area contributed by atoms with E-state index in [0.717, 1.165) is 30.0 Å². The number of benzene rings is 1. The minimum Gasteiger partial charge on any atom is -0.310 e. The maximum atomic E-state index is 11.2. The average Bonchev–Trinajstić information content (AvgIpc) is 2.35. The Morgan fingerprint density at radius 2 is 2.05 bits per heavy atom. The molecule has 1 aromatic carbocycles. The van der Waals surface area contributed by atoms with Gasteiger partial charge in [-0.05, 0) is 49.9 Å². The number of nitrogens with one attached hydrogen (secondary N) is 1. The molecule has 0 aromatic heterocycles. The molecule has 0 bridgehead atoms. The number of aryl methyl sites for hydroxylation is 1. The molecule has 0 saturated carbocycles. The van der Waals surface area contributed by atoms with Crippen LogP contribution in [0.25, 0.3) is 0 Å². The molecule has 114 valence electrons. The Labute approximate surface area is 127 Å². The molecule has 0 saturated heterocycles. The number of hydrogen-bond acceptors (Lipinski definition) is 3. The summed E-state index contributed by atoms with van der Waals surface area (Å²) >= 11 is 6.05. The Bertz CT molecular complexity index is 529. The van der Waals surface area contributed by atoms with Crippen molar-refractivity contribution in [3.05, 3.63) is 34.3 Å². The molecule has 1 N–H and O–H groups in total. The van der Waals surface area contributed by atoms with E-state index in [1.807, 2.05) is 19.1 Å². The lowest BCUT2D eigenvalue weighted by Crippen LogP contribution is -2.23. The van der Waals surface area contributed by atoms with Crippen LogP contribution in [0.4, 0.5) is 0 Å². The number of rotatable bonds is 8. The fourth-order valence-electron chi connectivity index (χ4n) is 2.14. The van der Waals surface area contributed by atoms with Crippen molar-refractivity contribution >= 4 is 21.4 Å². The second-order valence-electron chi connectivity index (χ2n) is 5.29. The zero-order valence-corrected chi connectivity index (χ0v) is 14.0. The molecule has 0 amide bonds. The van der Waals surface area contributed by atoms with Crippen molar-refractivity contribution in [2.24, 2.45) is 0 Å². The van der Waals surface area contributed by atoms with E-state index in [9.17, 15) is 8.42 Å². The third-order valence-electron chi connectivity index (χ3n) is 3.23. The highest BCUT2D eigenvalue weighted by Gasteiger charge is 2.13. The molecule has 5 heteroatoms. The maximum Gasteiger partial charge on any atom is 0.147 e. The van der Waals surface area contributed by atoms with E-state index in [-0.39, 0.29) is 11.8 Å². The first-order valence-corrected chi connectivity index (χ1v) is 9.44. The van der Waals surface area contributed by atoms with Gasteiger partial charge in [-0.25, -0.2) is 8.42 Å². The Hall–Kier alpha value is -0.580. The predicted molar refractivity (Wildman–Crippen MR) is 86.2 cm³/mol. The third kappa shape index (κ3) is 6.25. The molecular formula is C15H24ClNO2S. The highest BCUT2D eigenvalue weighted by molar-refractivity contribution is 7.90. The van der Waals surface area contributed by atoms with Crippen LogP contribution in [-0.2, 0) is 9.84 Å². The van der Waals surface area contributed by atoms with Gasteiger partial charge in [0.05, 0.1) is 0 Å². The molecule has 1 aromatic rings. The van der Waals surface area contributed by atoms with Gasteiger partial charge in [0.15, 0.2) is 0 Å². The van der Waals surface area contributed by atoms with Crippen molar-refractivity contribution in [3.63, 3.8) is 0 Å². The van der Waals surface area contributed by atoms with Crippen LogP contribution in [0.2, 0.25) is 5.02 Å². The quantitative estimate of drug-likeness (QED) is 0.798. The van der Waals surface area contributed by atoms with E-state index in [4.69, 9.17) is 11.6 Å². The second kappa shape index (κ2) is 8.01.